The molecule has 1 aromatic rings. The van der Waals surface area contributed by atoms with Crippen LogP contribution in [0.25, 0.3) is 0 Å². The number of hydrogen-bond acceptors (Lipinski definition) is 4. The maximum absolute atomic E-state index is 8.80. The Morgan fingerprint density at radius 1 is 1.62 bits per heavy atom. The van der Waals surface area contributed by atoms with Crippen LogP contribution in [-0.2, 0) is 0 Å². The molecule has 4 heteroatoms. The van der Waals surface area contributed by atoms with Crippen LogP contribution in [-0.4, -0.2) is 13.7 Å². The Morgan fingerprint density at radius 3 is 2.77 bits per heavy atom. The molecule has 0 amide bonds. The molecule has 0 aromatic carbocycles. The lowest BCUT2D eigenvalue weighted by atomic mass is 10.3. The third-order valence-corrected chi connectivity index (χ3v) is 2.90. The molecule has 3 nitrogen and oxygen atoms in total. The van der Waals surface area contributed by atoms with E-state index in [0.29, 0.717) is 11.5 Å². The molecule has 13 heavy (non-hydrogen) atoms. The van der Waals surface area contributed by atoms with Gasteiger partial charge >= 0.3 is 0 Å². The first-order chi connectivity index (χ1) is 6.24. The van der Waals surface area contributed by atoms with Crippen molar-refractivity contribution in [2.75, 3.05) is 19.0 Å². The van der Waals surface area contributed by atoms with Gasteiger partial charge in [-0.3, -0.25) is 0 Å². The number of nitrogens with one attached hydrogen (secondary N) is 1. The second-order valence-corrected chi connectivity index (χ2v) is 3.53. The molecule has 0 spiro atoms. The van der Waals surface area contributed by atoms with E-state index in [1.54, 1.807) is 0 Å². The minimum absolute atomic E-state index is 0.622. The second-order valence-electron chi connectivity index (χ2n) is 2.51. The van der Waals surface area contributed by atoms with Crippen LogP contribution >= 0.6 is 11.3 Å². The Bertz CT molecular complexity index is 338. The quantitative estimate of drug-likeness (QED) is 0.807. The average Bonchev–Trinajstić information content (AvgIpc) is 2.45. The fourth-order valence-electron chi connectivity index (χ4n) is 1.09. The number of thiophene rings is 1. The van der Waals surface area contributed by atoms with Gasteiger partial charge in [-0.1, -0.05) is 0 Å². The molecular weight excluding hydrogens is 184 g/mol. The molecule has 0 unspecified atom stereocenters. The standard InChI is InChI=1S/C9H12N2OS/c1-4-12-8-6(2)7(5-10)13-9(8)11-3/h11H,4H2,1-3H3. The Kier molecular flexibility index (Phi) is 3.15. The zero-order valence-corrected chi connectivity index (χ0v) is 8.79. The van der Waals surface area contributed by atoms with E-state index in [4.69, 9.17) is 10.00 Å². The number of anilines is 1. The first-order valence-corrected chi connectivity index (χ1v) is 4.90. The summed E-state index contributed by atoms with van der Waals surface area (Å²) in [7, 11) is 1.83. The summed E-state index contributed by atoms with van der Waals surface area (Å²) in [5.41, 5.74) is 0.929. The van der Waals surface area contributed by atoms with Crippen LogP contribution in [0.2, 0.25) is 0 Å². The van der Waals surface area contributed by atoms with E-state index in [0.717, 1.165) is 16.3 Å². The zero-order chi connectivity index (χ0) is 9.84. The summed E-state index contributed by atoms with van der Waals surface area (Å²) < 4.78 is 5.44. The molecule has 0 atom stereocenters. The van der Waals surface area contributed by atoms with E-state index in [2.05, 4.69) is 11.4 Å². The fourth-order valence-corrected chi connectivity index (χ4v) is 1.99. The normalized spacial score (nSPS) is 9.38. The van der Waals surface area contributed by atoms with Crippen molar-refractivity contribution in [2.24, 2.45) is 0 Å². The van der Waals surface area contributed by atoms with Gasteiger partial charge in [-0.05, 0) is 13.8 Å². The SMILES string of the molecule is CCOc1c(NC)sc(C#N)c1C. The number of nitriles is 1. The van der Waals surface area contributed by atoms with E-state index < -0.39 is 0 Å². The Morgan fingerprint density at radius 2 is 2.31 bits per heavy atom. The Labute approximate surface area is 82.0 Å². The van der Waals surface area contributed by atoms with Gasteiger partial charge in [0.05, 0.1) is 6.61 Å². The highest BCUT2D eigenvalue weighted by atomic mass is 32.1. The molecular formula is C9H12N2OS. The topological polar surface area (TPSA) is 45.0 Å². The van der Waals surface area contributed by atoms with E-state index in [1.807, 2.05) is 20.9 Å². The first-order valence-electron chi connectivity index (χ1n) is 4.08. The smallest absolute Gasteiger partial charge is 0.157 e. The van der Waals surface area contributed by atoms with Crippen molar-refractivity contribution < 1.29 is 4.74 Å². The van der Waals surface area contributed by atoms with Crippen LogP contribution in [0.1, 0.15) is 17.4 Å². The van der Waals surface area contributed by atoms with Crippen molar-refractivity contribution in [3.8, 4) is 11.8 Å². The van der Waals surface area contributed by atoms with Gasteiger partial charge in [0, 0.05) is 12.6 Å². The van der Waals surface area contributed by atoms with Crippen LogP contribution in [0.4, 0.5) is 5.00 Å². The fraction of sp³-hybridized carbons (Fsp3) is 0.444. The van der Waals surface area contributed by atoms with E-state index in [1.165, 1.54) is 11.3 Å². The summed E-state index contributed by atoms with van der Waals surface area (Å²) in [6.45, 7) is 4.46. The Balaban J connectivity index is 3.14. The lowest BCUT2D eigenvalue weighted by molar-refractivity contribution is 0.341. The molecule has 70 valence electrons. The van der Waals surface area contributed by atoms with Crippen molar-refractivity contribution in [2.45, 2.75) is 13.8 Å². The first kappa shape index (κ1) is 9.87. The van der Waals surface area contributed by atoms with Gasteiger partial charge < -0.3 is 10.1 Å². The summed E-state index contributed by atoms with van der Waals surface area (Å²) >= 11 is 1.43. The lowest BCUT2D eigenvalue weighted by Gasteiger charge is -2.04. The van der Waals surface area contributed by atoms with Gasteiger partial charge in [-0.2, -0.15) is 5.26 Å². The van der Waals surface area contributed by atoms with Gasteiger partial charge in [-0.25, -0.2) is 0 Å². The molecule has 0 radical (unpaired) electrons. The number of rotatable bonds is 3. The molecule has 0 aliphatic rings. The molecule has 0 aliphatic carbocycles. The van der Waals surface area contributed by atoms with Crippen LogP contribution < -0.4 is 10.1 Å². The summed E-state index contributed by atoms with van der Waals surface area (Å²) in [4.78, 5) is 0.716. The summed E-state index contributed by atoms with van der Waals surface area (Å²) in [6.07, 6.45) is 0. The van der Waals surface area contributed by atoms with Crippen LogP contribution in [0.15, 0.2) is 0 Å². The highest BCUT2D eigenvalue weighted by molar-refractivity contribution is 7.17. The van der Waals surface area contributed by atoms with Gasteiger partial charge in [0.1, 0.15) is 15.9 Å². The van der Waals surface area contributed by atoms with E-state index in [-0.39, 0.29) is 0 Å². The minimum Gasteiger partial charge on any atom is -0.490 e. The molecule has 1 N–H and O–H groups in total. The third-order valence-electron chi connectivity index (χ3n) is 1.71. The second kappa shape index (κ2) is 4.15. The van der Waals surface area contributed by atoms with Crippen LogP contribution in [0.5, 0.6) is 5.75 Å². The molecule has 0 saturated carbocycles. The third kappa shape index (κ3) is 1.76. The van der Waals surface area contributed by atoms with E-state index in [9.17, 15) is 0 Å². The number of ether oxygens (including phenoxy) is 1. The summed E-state index contributed by atoms with van der Waals surface area (Å²) in [5, 5.41) is 12.7. The predicted molar refractivity (Wildman–Crippen MR) is 54.5 cm³/mol. The summed E-state index contributed by atoms with van der Waals surface area (Å²) in [5.74, 6) is 0.812. The minimum atomic E-state index is 0.622. The van der Waals surface area contributed by atoms with Crippen LogP contribution in [0.3, 0.4) is 0 Å². The van der Waals surface area contributed by atoms with Gasteiger partial charge in [0.25, 0.3) is 0 Å². The van der Waals surface area contributed by atoms with Crippen molar-refractivity contribution in [3.05, 3.63) is 10.4 Å². The van der Waals surface area contributed by atoms with Crippen molar-refractivity contribution in [1.29, 1.82) is 5.26 Å². The van der Waals surface area contributed by atoms with Crippen LogP contribution in [0, 0.1) is 18.3 Å². The number of hydrogen-bond donors (Lipinski definition) is 1. The number of nitrogens with zero attached hydrogens (tertiary/aromatic N) is 1. The largest absolute Gasteiger partial charge is 0.490 e. The monoisotopic (exact) mass is 196 g/mol. The van der Waals surface area contributed by atoms with Crippen molar-refractivity contribution in [1.82, 2.24) is 0 Å². The zero-order valence-electron chi connectivity index (χ0n) is 7.97. The van der Waals surface area contributed by atoms with Crippen molar-refractivity contribution in [3.63, 3.8) is 0 Å². The van der Waals surface area contributed by atoms with Gasteiger partial charge in [-0.15, -0.1) is 11.3 Å². The Hall–Kier alpha value is -1.21. The maximum atomic E-state index is 8.80. The highest BCUT2D eigenvalue weighted by Crippen LogP contribution is 2.38. The maximum Gasteiger partial charge on any atom is 0.157 e. The average molecular weight is 196 g/mol. The molecule has 0 saturated heterocycles. The highest BCUT2D eigenvalue weighted by Gasteiger charge is 2.14. The molecule has 0 fully saturated rings. The van der Waals surface area contributed by atoms with E-state index >= 15 is 0 Å². The summed E-state index contributed by atoms with van der Waals surface area (Å²) in [6, 6.07) is 2.15. The molecule has 1 heterocycles. The predicted octanol–water partition coefficient (Wildman–Crippen LogP) is 2.37. The molecule has 0 aliphatic heterocycles. The molecule has 0 bridgehead atoms. The van der Waals surface area contributed by atoms with Crippen molar-refractivity contribution >= 4 is 16.3 Å². The van der Waals surface area contributed by atoms with Gasteiger partial charge in [0.2, 0.25) is 0 Å². The lowest BCUT2D eigenvalue weighted by Crippen LogP contribution is -1.95. The molecule has 1 aromatic heterocycles. The molecule has 1 rings (SSSR count). The van der Waals surface area contributed by atoms with Gasteiger partial charge in [0.15, 0.2) is 5.75 Å².